The Labute approximate surface area is 137 Å². The molecule has 23 heavy (non-hydrogen) atoms. The highest BCUT2D eigenvalue weighted by Gasteiger charge is 2.44. The first-order valence-corrected chi connectivity index (χ1v) is 8.38. The largest absolute Gasteiger partial charge is 0.472 e. The van der Waals surface area contributed by atoms with Crippen LogP contribution in [0.25, 0.3) is 0 Å². The Kier molecular flexibility index (Phi) is 4.92. The number of nitrogens with one attached hydrogen (secondary N) is 1. The third kappa shape index (κ3) is 3.70. The van der Waals surface area contributed by atoms with E-state index in [4.69, 9.17) is 9.15 Å². The van der Waals surface area contributed by atoms with Crippen LogP contribution in [0.5, 0.6) is 0 Å². The number of nitrogens with zero attached hydrogens (tertiary/aromatic N) is 2. The fourth-order valence-corrected chi connectivity index (χ4v) is 3.70. The van der Waals surface area contributed by atoms with Gasteiger partial charge in [0.2, 0.25) is 0 Å². The Morgan fingerprint density at radius 3 is 2.83 bits per heavy atom. The van der Waals surface area contributed by atoms with E-state index in [2.05, 4.69) is 10.2 Å². The van der Waals surface area contributed by atoms with Crippen LogP contribution in [0.2, 0.25) is 0 Å². The molecule has 0 aromatic carbocycles. The summed E-state index contributed by atoms with van der Waals surface area (Å²) in [7, 11) is 3.55. The maximum atomic E-state index is 12.1. The maximum Gasteiger partial charge on any atom is 0.317 e. The molecule has 3 rings (SSSR count). The summed E-state index contributed by atoms with van der Waals surface area (Å²) in [5, 5.41) is 3.17. The summed E-state index contributed by atoms with van der Waals surface area (Å²) in [5.74, 6) is 0. The third-order valence-electron chi connectivity index (χ3n) is 5.31. The third-order valence-corrected chi connectivity index (χ3v) is 5.31. The molecule has 3 heterocycles. The average molecular weight is 321 g/mol. The van der Waals surface area contributed by atoms with Gasteiger partial charge in [0.15, 0.2) is 0 Å². The number of hydrogen-bond donors (Lipinski definition) is 1. The zero-order chi connectivity index (χ0) is 16.3. The number of urea groups is 1. The number of furan rings is 1. The van der Waals surface area contributed by atoms with Crippen molar-refractivity contribution in [2.24, 2.45) is 5.41 Å². The van der Waals surface area contributed by atoms with Gasteiger partial charge in [0.25, 0.3) is 0 Å². The molecule has 0 bridgehead atoms. The van der Waals surface area contributed by atoms with E-state index in [9.17, 15) is 4.79 Å². The van der Waals surface area contributed by atoms with Crippen molar-refractivity contribution in [3.05, 3.63) is 24.2 Å². The van der Waals surface area contributed by atoms with Gasteiger partial charge in [-0.1, -0.05) is 0 Å². The molecule has 0 radical (unpaired) electrons. The summed E-state index contributed by atoms with van der Waals surface area (Å²) in [6.07, 6.45) is 6.79. The van der Waals surface area contributed by atoms with Crippen LogP contribution in [0.4, 0.5) is 4.79 Å². The van der Waals surface area contributed by atoms with Gasteiger partial charge < -0.3 is 19.4 Å². The van der Waals surface area contributed by atoms with E-state index in [0.717, 1.165) is 45.5 Å². The Morgan fingerprint density at radius 1 is 1.39 bits per heavy atom. The van der Waals surface area contributed by atoms with Gasteiger partial charge in [0.05, 0.1) is 25.2 Å². The SMILES string of the molecule is CN(C)C(=O)N[C@@H]1COCCC12CCN(Cc1ccoc1)CC2. The first-order chi connectivity index (χ1) is 11.1. The van der Waals surface area contributed by atoms with Crippen molar-refractivity contribution in [2.45, 2.75) is 31.8 Å². The Hall–Kier alpha value is -1.53. The molecule has 128 valence electrons. The number of rotatable bonds is 3. The second-order valence-corrected chi connectivity index (χ2v) is 6.99. The molecule has 6 nitrogen and oxygen atoms in total. The van der Waals surface area contributed by atoms with Gasteiger partial charge in [0.1, 0.15) is 0 Å². The van der Waals surface area contributed by atoms with Crippen LogP contribution in [0.3, 0.4) is 0 Å². The van der Waals surface area contributed by atoms with E-state index in [1.165, 1.54) is 5.56 Å². The minimum absolute atomic E-state index is 0.0271. The van der Waals surface area contributed by atoms with E-state index in [1.54, 1.807) is 25.3 Å². The number of ether oxygens (including phenoxy) is 1. The van der Waals surface area contributed by atoms with Crippen molar-refractivity contribution >= 4 is 6.03 Å². The second-order valence-electron chi connectivity index (χ2n) is 6.99. The van der Waals surface area contributed by atoms with Crippen LogP contribution in [0, 0.1) is 5.41 Å². The average Bonchev–Trinajstić information content (AvgIpc) is 3.05. The van der Waals surface area contributed by atoms with Gasteiger partial charge >= 0.3 is 6.03 Å². The van der Waals surface area contributed by atoms with Crippen molar-refractivity contribution in [1.82, 2.24) is 15.1 Å². The topological polar surface area (TPSA) is 58.0 Å². The standard InChI is InChI=1S/C17H27N3O3/c1-19(2)16(21)18-15-13-23-10-6-17(15)4-7-20(8-5-17)11-14-3-9-22-12-14/h3,9,12,15H,4-8,10-11,13H2,1-2H3,(H,18,21)/t15-/m1/s1. The zero-order valence-electron chi connectivity index (χ0n) is 14.1. The van der Waals surface area contributed by atoms with Crippen molar-refractivity contribution < 1.29 is 13.9 Å². The van der Waals surface area contributed by atoms with Gasteiger partial charge in [0, 0.05) is 32.8 Å². The van der Waals surface area contributed by atoms with Crippen molar-refractivity contribution in [3.8, 4) is 0 Å². The zero-order valence-corrected chi connectivity index (χ0v) is 14.1. The predicted molar refractivity (Wildman–Crippen MR) is 87.1 cm³/mol. The van der Waals surface area contributed by atoms with Crippen molar-refractivity contribution in [3.63, 3.8) is 0 Å². The quantitative estimate of drug-likeness (QED) is 0.924. The fourth-order valence-electron chi connectivity index (χ4n) is 3.70. The summed E-state index contributed by atoms with van der Waals surface area (Å²) in [4.78, 5) is 16.1. The van der Waals surface area contributed by atoms with Crippen molar-refractivity contribution in [2.75, 3.05) is 40.4 Å². The van der Waals surface area contributed by atoms with Crippen LogP contribution >= 0.6 is 0 Å². The molecule has 0 aliphatic carbocycles. The molecule has 0 saturated carbocycles. The fraction of sp³-hybridized carbons (Fsp3) is 0.706. The summed E-state index contributed by atoms with van der Waals surface area (Å²) in [6, 6.07) is 2.11. The molecule has 2 saturated heterocycles. The van der Waals surface area contributed by atoms with E-state index in [-0.39, 0.29) is 17.5 Å². The maximum absolute atomic E-state index is 12.1. The molecular formula is C17H27N3O3. The molecule has 2 fully saturated rings. The van der Waals surface area contributed by atoms with E-state index < -0.39 is 0 Å². The number of carbonyl (C=O) groups excluding carboxylic acids is 1. The van der Waals surface area contributed by atoms with E-state index in [1.807, 2.05) is 12.3 Å². The predicted octanol–water partition coefficient (Wildman–Crippen LogP) is 1.92. The first kappa shape index (κ1) is 16.3. The molecule has 1 spiro atoms. The number of amides is 2. The van der Waals surface area contributed by atoms with Gasteiger partial charge in [-0.05, 0) is 43.8 Å². The lowest BCUT2D eigenvalue weighted by atomic mass is 9.69. The molecule has 1 aromatic heterocycles. The van der Waals surface area contributed by atoms with Crippen LogP contribution in [-0.2, 0) is 11.3 Å². The number of piperidine rings is 1. The molecule has 1 aromatic rings. The van der Waals surface area contributed by atoms with Gasteiger partial charge in [-0.2, -0.15) is 0 Å². The molecule has 1 atom stereocenters. The molecule has 1 N–H and O–H groups in total. The van der Waals surface area contributed by atoms with E-state index >= 15 is 0 Å². The summed E-state index contributed by atoms with van der Waals surface area (Å²) < 4.78 is 10.8. The monoisotopic (exact) mass is 321 g/mol. The summed E-state index contributed by atoms with van der Waals surface area (Å²) in [5.41, 5.74) is 1.40. The lowest BCUT2D eigenvalue weighted by molar-refractivity contribution is -0.0484. The van der Waals surface area contributed by atoms with Crippen LogP contribution < -0.4 is 5.32 Å². The molecule has 6 heteroatoms. The smallest absolute Gasteiger partial charge is 0.317 e. The van der Waals surface area contributed by atoms with Crippen LogP contribution in [0.15, 0.2) is 23.0 Å². The molecule has 0 unspecified atom stereocenters. The highest BCUT2D eigenvalue weighted by atomic mass is 16.5. The minimum atomic E-state index is -0.0271. The Balaban J connectivity index is 1.60. The number of hydrogen-bond acceptors (Lipinski definition) is 4. The van der Waals surface area contributed by atoms with Crippen LogP contribution in [0.1, 0.15) is 24.8 Å². The van der Waals surface area contributed by atoms with Crippen molar-refractivity contribution in [1.29, 1.82) is 0 Å². The van der Waals surface area contributed by atoms with Gasteiger partial charge in [-0.15, -0.1) is 0 Å². The molecule has 2 aliphatic heterocycles. The van der Waals surface area contributed by atoms with Gasteiger partial charge in [-0.25, -0.2) is 4.79 Å². The van der Waals surface area contributed by atoms with Crippen LogP contribution in [-0.4, -0.2) is 62.3 Å². The normalized spacial score (nSPS) is 24.5. The highest BCUT2D eigenvalue weighted by Crippen LogP contribution is 2.41. The minimum Gasteiger partial charge on any atom is -0.472 e. The summed E-state index contributed by atoms with van der Waals surface area (Å²) >= 11 is 0. The highest BCUT2D eigenvalue weighted by molar-refractivity contribution is 5.74. The molecule has 2 amide bonds. The van der Waals surface area contributed by atoms with Gasteiger partial charge in [-0.3, -0.25) is 4.90 Å². The number of carbonyl (C=O) groups is 1. The Bertz CT molecular complexity index is 507. The summed E-state index contributed by atoms with van der Waals surface area (Å²) in [6.45, 7) is 4.48. The lowest BCUT2D eigenvalue weighted by Crippen LogP contribution is -2.58. The first-order valence-electron chi connectivity index (χ1n) is 8.38. The Morgan fingerprint density at radius 2 is 2.17 bits per heavy atom. The van der Waals surface area contributed by atoms with E-state index in [0.29, 0.717) is 6.61 Å². The second kappa shape index (κ2) is 6.93. The number of likely N-dealkylation sites (tertiary alicyclic amines) is 1. The molecule has 2 aliphatic rings. The lowest BCUT2D eigenvalue weighted by Gasteiger charge is -2.49. The molecular weight excluding hydrogens is 294 g/mol.